The summed E-state index contributed by atoms with van der Waals surface area (Å²) < 4.78 is 0. The molecule has 3 heteroatoms. The molecule has 0 unspecified atom stereocenters. The van der Waals surface area contributed by atoms with Crippen LogP contribution in [0.1, 0.15) is 5.56 Å². The van der Waals surface area contributed by atoms with Gasteiger partial charge in [0.1, 0.15) is 5.75 Å². The Morgan fingerprint density at radius 1 is 1.45 bits per heavy atom. The van der Waals surface area contributed by atoms with E-state index in [1.54, 1.807) is 23.9 Å². The van der Waals surface area contributed by atoms with Crippen LogP contribution in [-0.4, -0.2) is 11.4 Å². The Balaban J connectivity index is 3.24. The van der Waals surface area contributed by atoms with E-state index in [4.69, 9.17) is 0 Å². The fraction of sp³-hybridized carbons (Fsp3) is 0.250. The zero-order valence-electron chi connectivity index (χ0n) is 6.46. The fourth-order valence-electron chi connectivity index (χ4n) is 0.871. The van der Waals surface area contributed by atoms with Gasteiger partial charge < -0.3 is 5.11 Å². The molecule has 0 saturated carbocycles. The van der Waals surface area contributed by atoms with E-state index in [2.05, 4.69) is 12.6 Å². The Bertz CT molecular complexity index is 271. The van der Waals surface area contributed by atoms with Gasteiger partial charge in [0.2, 0.25) is 0 Å². The maximum atomic E-state index is 9.19. The van der Waals surface area contributed by atoms with Crippen molar-refractivity contribution in [2.24, 2.45) is 0 Å². The molecule has 0 aromatic heterocycles. The van der Waals surface area contributed by atoms with Crippen molar-refractivity contribution in [1.82, 2.24) is 0 Å². The SMILES string of the molecule is CSc1cc(O)cc(S)c1C. The van der Waals surface area contributed by atoms with Crippen molar-refractivity contribution < 1.29 is 5.11 Å². The zero-order chi connectivity index (χ0) is 8.43. The van der Waals surface area contributed by atoms with Crippen LogP contribution in [0, 0.1) is 6.92 Å². The molecule has 0 spiro atoms. The standard InChI is InChI=1S/C8H10OS2/c1-5-7(10)3-6(9)4-8(5)11-2/h3-4,9-10H,1-2H3. The topological polar surface area (TPSA) is 20.2 Å². The van der Waals surface area contributed by atoms with Crippen LogP contribution in [0.3, 0.4) is 0 Å². The number of thioether (sulfide) groups is 1. The molecule has 0 bridgehead atoms. The first-order valence-electron chi connectivity index (χ1n) is 3.21. The molecule has 1 rings (SSSR count). The maximum absolute atomic E-state index is 9.19. The molecule has 0 saturated heterocycles. The molecule has 0 atom stereocenters. The summed E-state index contributed by atoms with van der Waals surface area (Å²) in [5.74, 6) is 0.282. The van der Waals surface area contributed by atoms with Gasteiger partial charge in [-0.3, -0.25) is 0 Å². The molecule has 0 radical (unpaired) electrons. The van der Waals surface area contributed by atoms with Crippen LogP contribution in [0.5, 0.6) is 5.75 Å². The van der Waals surface area contributed by atoms with E-state index in [0.29, 0.717) is 0 Å². The number of thiol groups is 1. The molecule has 0 aliphatic carbocycles. The number of hydrogen-bond donors (Lipinski definition) is 2. The highest BCUT2D eigenvalue weighted by molar-refractivity contribution is 7.98. The van der Waals surface area contributed by atoms with Gasteiger partial charge in [0.05, 0.1) is 0 Å². The summed E-state index contributed by atoms with van der Waals surface area (Å²) in [6.07, 6.45) is 1.98. The van der Waals surface area contributed by atoms with Crippen molar-refractivity contribution in [1.29, 1.82) is 0 Å². The van der Waals surface area contributed by atoms with Crippen LogP contribution >= 0.6 is 24.4 Å². The summed E-state index contributed by atoms with van der Waals surface area (Å²) >= 11 is 5.83. The lowest BCUT2D eigenvalue weighted by Gasteiger charge is -2.05. The molecular weight excluding hydrogens is 176 g/mol. The Kier molecular flexibility index (Phi) is 2.73. The summed E-state index contributed by atoms with van der Waals surface area (Å²) in [4.78, 5) is 1.92. The normalized spacial score (nSPS) is 10.1. The van der Waals surface area contributed by atoms with E-state index < -0.39 is 0 Å². The van der Waals surface area contributed by atoms with Gasteiger partial charge in [-0.2, -0.15) is 0 Å². The zero-order valence-corrected chi connectivity index (χ0v) is 8.17. The summed E-state index contributed by atoms with van der Waals surface area (Å²) in [5.41, 5.74) is 1.12. The van der Waals surface area contributed by atoms with E-state index in [9.17, 15) is 5.11 Å². The summed E-state index contributed by atoms with van der Waals surface area (Å²) in [6, 6.07) is 3.40. The van der Waals surface area contributed by atoms with Gasteiger partial charge in [-0.05, 0) is 30.9 Å². The third kappa shape index (κ3) is 1.84. The average Bonchev–Trinajstić information content (AvgIpc) is 1.96. The van der Waals surface area contributed by atoms with Crippen LogP contribution in [0.4, 0.5) is 0 Å². The second-order valence-corrected chi connectivity index (χ2v) is 3.62. The predicted octanol–water partition coefficient (Wildman–Crippen LogP) is 2.71. The van der Waals surface area contributed by atoms with Gasteiger partial charge in [-0.25, -0.2) is 0 Å². The van der Waals surface area contributed by atoms with Crippen molar-refractivity contribution in [2.45, 2.75) is 16.7 Å². The monoisotopic (exact) mass is 186 g/mol. The minimum atomic E-state index is 0.282. The van der Waals surface area contributed by atoms with Crippen molar-refractivity contribution in [2.75, 3.05) is 6.26 Å². The summed E-state index contributed by atoms with van der Waals surface area (Å²) in [6.45, 7) is 1.99. The lowest BCUT2D eigenvalue weighted by molar-refractivity contribution is 0.472. The maximum Gasteiger partial charge on any atom is 0.117 e. The minimum Gasteiger partial charge on any atom is -0.508 e. The second-order valence-electron chi connectivity index (χ2n) is 2.29. The van der Waals surface area contributed by atoms with Gasteiger partial charge in [0, 0.05) is 9.79 Å². The van der Waals surface area contributed by atoms with E-state index in [1.165, 1.54) is 0 Å². The minimum absolute atomic E-state index is 0.282. The van der Waals surface area contributed by atoms with Crippen molar-refractivity contribution in [3.8, 4) is 5.75 Å². The molecule has 1 aromatic rings. The molecule has 0 aliphatic rings. The van der Waals surface area contributed by atoms with E-state index in [1.807, 2.05) is 13.2 Å². The first kappa shape index (κ1) is 8.81. The Labute approximate surface area is 76.2 Å². The van der Waals surface area contributed by atoms with E-state index in [0.717, 1.165) is 15.4 Å². The molecule has 0 aliphatic heterocycles. The van der Waals surface area contributed by atoms with Gasteiger partial charge in [0.25, 0.3) is 0 Å². The summed E-state index contributed by atoms with van der Waals surface area (Å²) in [7, 11) is 0. The number of phenols is 1. The van der Waals surface area contributed by atoms with Gasteiger partial charge in [-0.15, -0.1) is 24.4 Å². The quantitative estimate of drug-likeness (QED) is 0.519. The third-order valence-electron chi connectivity index (χ3n) is 1.54. The predicted molar refractivity (Wildman–Crippen MR) is 51.9 cm³/mol. The van der Waals surface area contributed by atoms with Crippen molar-refractivity contribution >= 4 is 24.4 Å². The van der Waals surface area contributed by atoms with Crippen LogP contribution in [-0.2, 0) is 0 Å². The molecule has 1 aromatic carbocycles. The van der Waals surface area contributed by atoms with Crippen molar-refractivity contribution in [3.05, 3.63) is 17.7 Å². The number of benzene rings is 1. The first-order valence-corrected chi connectivity index (χ1v) is 4.89. The molecule has 0 fully saturated rings. The van der Waals surface area contributed by atoms with Crippen LogP contribution in [0.25, 0.3) is 0 Å². The molecule has 11 heavy (non-hydrogen) atoms. The van der Waals surface area contributed by atoms with E-state index >= 15 is 0 Å². The first-order chi connectivity index (χ1) is 5.15. The number of rotatable bonds is 1. The summed E-state index contributed by atoms with van der Waals surface area (Å²) in [5, 5.41) is 9.19. The molecule has 1 nitrogen and oxygen atoms in total. The molecule has 1 N–H and O–H groups in total. The Morgan fingerprint density at radius 3 is 2.64 bits per heavy atom. The number of hydrogen-bond acceptors (Lipinski definition) is 3. The molecular formula is C8H10OS2. The number of phenolic OH excluding ortho intramolecular Hbond substituents is 1. The fourth-order valence-corrected chi connectivity index (χ4v) is 1.85. The highest BCUT2D eigenvalue weighted by Crippen LogP contribution is 2.29. The second kappa shape index (κ2) is 3.41. The van der Waals surface area contributed by atoms with Crippen LogP contribution in [0.2, 0.25) is 0 Å². The van der Waals surface area contributed by atoms with Gasteiger partial charge >= 0.3 is 0 Å². The largest absolute Gasteiger partial charge is 0.508 e. The third-order valence-corrected chi connectivity index (χ3v) is 2.87. The van der Waals surface area contributed by atoms with Crippen molar-refractivity contribution in [3.63, 3.8) is 0 Å². The Hall–Kier alpha value is -0.280. The Morgan fingerprint density at radius 2 is 2.09 bits per heavy atom. The van der Waals surface area contributed by atoms with Crippen LogP contribution in [0.15, 0.2) is 21.9 Å². The smallest absolute Gasteiger partial charge is 0.117 e. The molecule has 0 amide bonds. The highest BCUT2D eigenvalue weighted by Gasteiger charge is 2.02. The van der Waals surface area contributed by atoms with Gasteiger partial charge in [-0.1, -0.05) is 0 Å². The lowest BCUT2D eigenvalue weighted by Crippen LogP contribution is -1.80. The molecule has 60 valence electrons. The lowest BCUT2D eigenvalue weighted by atomic mass is 10.2. The van der Waals surface area contributed by atoms with E-state index in [-0.39, 0.29) is 5.75 Å². The number of aromatic hydroxyl groups is 1. The highest BCUT2D eigenvalue weighted by atomic mass is 32.2. The van der Waals surface area contributed by atoms with Crippen LogP contribution < -0.4 is 0 Å². The molecule has 0 heterocycles. The van der Waals surface area contributed by atoms with Gasteiger partial charge in [0.15, 0.2) is 0 Å². The average molecular weight is 186 g/mol.